The normalized spacial score (nSPS) is 35.0. The third-order valence-corrected chi connectivity index (χ3v) is 5.37. The van der Waals surface area contributed by atoms with Crippen LogP contribution in [0, 0.1) is 5.92 Å². The maximum Gasteiger partial charge on any atom is 0.0700 e. The second-order valence-electron chi connectivity index (χ2n) is 6.99. The molecule has 0 aromatic carbocycles. The van der Waals surface area contributed by atoms with E-state index in [1.807, 2.05) is 0 Å². The molecular formula is C18H36N2O. The van der Waals surface area contributed by atoms with Crippen molar-refractivity contribution in [3.8, 4) is 0 Å². The zero-order chi connectivity index (χ0) is 15.1. The summed E-state index contributed by atoms with van der Waals surface area (Å²) < 4.78 is 5.88. The van der Waals surface area contributed by atoms with Crippen molar-refractivity contribution in [3.63, 3.8) is 0 Å². The average Bonchev–Trinajstić information content (AvgIpc) is 2.54. The summed E-state index contributed by atoms with van der Waals surface area (Å²) in [5, 5.41) is 3.83. The third kappa shape index (κ3) is 4.94. The van der Waals surface area contributed by atoms with Gasteiger partial charge in [0, 0.05) is 25.2 Å². The molecule has 0 radical (unpaired) electrons. The van der Waals surface area contributed by atoms with Crippen LogP contribution >= 0.6 is 0 Å². The molecule has 2 rings (SSSR count). The van der Waals surface area contributed by atoms with Crippen LogP contribution in [0.4, 0.5) is 0 Å². The van der Waals surface area contributed by atoms with E-state index in [9.17, 15) is 0 Å². The molecule has 1 saturated carbocycles. The standard InChI is InChI=1S/C18H36N2O/c1-4-7-15-8-9-17(19-10-5-2)18(13-15)20-11-12-21-16(6-3)14-20/h15-19H,4-14H2,1-3H3. The molecule has 0 bridgehead atoms. The van der Waals surface area contributed by atoms with E-state index in [4.69, 9.17) is 4.74 Å². The van der Waals surface area contributed by atoms with E-state index in [1.165, 1.54) is 45.1 Å². The van der Waals surface area contributed by atoms with Gasteiger partial charge in [0.1, 0.15) is 0 Å². The van der Waals surface area contributed by atoms with Crippen LogP contribution in [0.3, 0.4) is 0 Å². The molecule has 1 aliphatic heterocycles. The van der Waals surface area contributed by atoms with Gasteiger partial charge in [-0.3, -0.25) is 4.90 Å². The molecule has 4 atom stereocenters. The Hall–Kier alpha value is -0.120. The summed E-state index contributed by atoms with van der Waals surface area (Å²) in [6.45, 7) is 11.2. The lowest BCUT2D eigenvalue weighted by molar-refractivity contribution is -0.0582. The van der Waals surface area contributed by atoms with Gasteiger partial charge < -0.3 is 10.1 Å². The van der Waals surface area contributed by atoms with E-state index >= 15 is 0 Å². The van der Waals surface area contributed by atoms with Crippen molar-refractivity contribution in [2.45, 2.75) is 83.9 Å². The zero-order valence-corrected chi connectivity index (χ0v) is 14.4. The van der Waals surface area contributed by atoms with Gasteiger partial charge in [-0.2, -0.15) is 0 Å². The van der Waals surface area contributed by atoms with E-state index < -0.39 is 0 Å². The first-order valence-electron chi connectivity index (χ1n) is 9.37. The summed E-state index contributed by atoms with van der Waals surface area (Å²) in [5.41, 5.74) is 0. The smallest absolute Gasteiger partial charge is 0.0700 e. The van der Waals surface area contributed by atoms with Gasteiger partial charge in [0.15, 0.2) is 0 Å². The van der Waals surface area contributed by atoms with E-state index in [-0.39, 0.29) is 0 Å². The largest absolute Gasteiger partial charge is 0.376 e. The molecule has 21 heavy (non-hydrogen) atoms. The third-order valence-electron chi connectivity index (χ3n) is 5.37. The topological polar surface area (TPSA) is 24.5 Å². The Labute approximate surface area is 131 Å². The second-order valence-corrected chi connectivity index (χ2v) is 6.99. The zero-order valence-electron chi connectivity index (χ0n) is 14.4. The number of nitrogens with one attached hydrogen (secondary N) is 1. The fourth-order valence-corrected chi connectivity index (χ4v) is 4.16. The van der Waals surface area contributed by atoms with Crippen molar-refractivity contribution >= 4 is 0 Å². The van der Waals surface area contributed by atoms with Gasteiger partial charge >= 0.3 is 0 Å². The van der Waals surface area contributed by atoms with Crippen LogP contribution in [-0.2, 0) is 4.74 Å². The van der Waals surface area contributed by atoms with Crippen molar-refractivity contribution in [3.05, 3.63) is 0 Å². The maximum atomic E-state index is 5.88. The SMILES string of the molecule is CCCNC1CCC(CCC)CC1N1CCOC(CC)C1. The van der Waals surface area contributed by atoms with E-state index in [1.54, 1.807) is 0 Å². The van der Waals surface area contributed by atoms with Crippen LogP contribution in [0.5, 0.6) is 0 Å². The molecule has 124 valence electrons. The second kappa shape index (κ2) is 9.12. The minimum Gasteiger partial charge on any atom is -0.376 e. The Morgan fingerprint density at radius 2 is 2.00 bits per heavy atom. The lowest BCUT2D eigenvalue weighted by Gasteiger charge is -2.46. The highest BCUT2D eigenvalue weighted by Gasteiger charge is 2.35. The van der Waals surface area contributed by atoms with Crippen LogP contribution in [0.25, 0.3) is 0 Å². The molecule has 0 spiro atoms. The molecule has 1 heterocycles. The average molecular weight is 296 g/mol. The highest BCUT2D eigenvalue weighted by atomic mass is 16.5. The van der Waals surface area contributed by atoms with E-state index in [2.05, 4.69) is 31.0 Å². The van der Waals surface area contributed by atoms with Gasteiger partial charge in [-0.05, 0) is 44.6 Å². The highest BCUT2D eigenvalue weighted by molar-refractivity contribution is 4.92. The minimum absolute atomic E-state index is 0.456. The first-order chi connectivity index (χ1) is 10.3. The number of morpholine rings is 1. The number of hydrogen-bond acceptors (Lipinski definition) is 3. The maximum absolute atomic E-state index is 5.88. The summed E-state index contributed by atoms with van der Waals surface area (Å²) in [6, 6.07) is 1.44. The first kappa shape index (κ1) is 17.2. The number of hydrogen-bond donors (Lipinski definition) is 1. The molecule has 1 aliphatic carbocycles. The van der Waals surface area contributed by atoms with Crippen molar-refractivity contribution in [1.29, 1.82) is 0 Å². The van der Waals surface area contributed by atoms with Crippen LogP contribution < -0.4 is 5.32 Å². The lowest BCUT2D eigenvalue weighted by atomic mass is 9.79. The molecule has 2 aliphatic rings. The van der Waals surface area contributed by atoms with Crippen molar-refractivity contribution in [2.75, 3.05) is 26.2 Å². The molecule has 3 nitrogen and oxygen atoms in total. The fourth-order valence-electron chi connectivity index (χ4n) is 4.16. The van der Waals surface area contributed by atoms with Gasteiger partial charge in [-0.15, -0.1) is 0 Å². The predicted molar refractivity (Wildman–Crippen MR) is 89.7 cm³/mol. The summed E-state index contributed by atoms with van der Waals surface area (Å²) in [5.74, 6) is 0.947. The summed E-state index contributed by atoms with van der Waals surface area (Å²) in [6.07, 6.45) is 9.78. The number of ether oxygens (including phenoxy) is 1. The Balaban J connectivity index is 1.97. The molecule has 1 N–H and O–H groups in total. The minimum atomic E-state index is 0.456. The van der Waals surface area contributed by atoms with Crippen molar-refractivity contribution < 1.29 is 4.74 Å². The summed E-state index contributed by atoms with van der Waals surface area (Å²) >= 11 is 0. The highest BCUT2D eigenvalue weighted by Crippen LogP contribution is 2.32. The molecule has 3 heteroatoms. The van der Waals surface area contributed by atoms with Crippen LogP contribution in [0.2, 0.25) is 0 Å². The molecule has 0 amide bonds. The summed E-state index contributed by atoms with van der Waals surface area (Å²) in [4.78, 5) is 2.74. The molecule has 4 unspecified atom stereocenters. The Kier molecular flexibility index (Phi) is 7.48. The van der Waals surface area contributed by atoms with Crippen molar-refractivity contribution in [2.24, 2.45) is 5.92 Å². The molecule has 0 aromatic heterocycles. The summed E-state index contributed by atoms with van der Waals surface area (Å²) in [7, 11) is 0. The molecule has 2 fully saturated rings. The Bertz CT molecular complexity index is 284. The Morgan fingerprint density at radius 1 is 1.14 bits per heavy atom. The lowest BCUT2D eigenvalue weighted by Crippen LogP contribution is -2.57. The van der Waals surface area contributed by atoms with Crippen LogP contribution in [-0.4, -0.2) is 49.3 Å². The Morgan fingerprint density at radius 3 is 2.71 bits per heavy atom. The van der Waals surface area contributed by atoms with Gasteiger partial charge in [0.25, 0.3) is 0 Å². The first-order valence-corrected chi connectivity index (χ1v) is 9.37. The number of nitrogens with zero attached hydrogens (tertiary/aromatic N) is 1. The van der Waals surface area contributed by atoms with E-state index in [0.717, 1.165) is 38.1 Å². The quantitative estimate of drug-likeness (QED) is 0.779. The molecule has 0 aromatic rings. The molecular weight excluding hydrogens is 260 g/mol. The predicted octanol–water partition coefficient (Wildman–Crippen LogP) is 3.43. The van der Waals surface area contributed by atoms with Crippen molar-refractivity contribution in [1.82, 2.24) is 10.2 Å². The monoisotopic (exact) mass is 296 g/mol. The van der Waals surface area contributed by atoms with Gasteiger partial charge in [-0.1, -0.05) is 33.6 Å². The fraction of sp³-hybridized carbons (Fsp3) is 1.00. The van der Waals surface area contributed by atoms with Gasteiger partial charge in [0.05, 0.1) is 12.7 Å². The van der Waals surface area contributed by atoms with Crippen LogP contribution in [0.1, 0.15) is 65.7 Å². The van der Waals surface area contributed by atoms with Gasteiger partial charge in [0.2, 0.25) is 0 Å². The van der Waals surface area contributed by atoms with E-state index in [0.29, 0.717) is 12.1 Å². The van der Waals surface area contributed by atoms with Gasteiger partial charge in [-0.25, -0.2) is 0 Å². The van der Waals surface area contributed by atoms with Crippen LogP contribution in [0.15, 0.2) is 0 Å². The molecule has 1 saturated heterocycles. The number of rotatable bonds is 7.